The van der Waals surface area contributed by atoms with Crippen LogP contribution in [0, 0.1) is 5.82 Å². The second-order valence-corrected chi connectivity index (χ2v) is 6.14. The van der Waals surface area contributed by atoms with Gasteiger partial charge in [0.1, 0.15) is 10.8 Å². The molecule has 18 heavy (non-hydrogen) atoms. The highest BCUT2D eigenvalue weighted by Gasteiger charge is 2.24. The van der Waals surface area contributed by atoms with Gasteiger partial charge in [-0.3, -0.25) is 0 Å². The second kappa shape index (κ2) is 5.89. The molecule has 1 saturated carbocycles. The van der Waals surface area contributed by atoms with Crippen LogP contribution in [0.4, 0.5) is 10.1 Å². The molecule has 3 N–H and O–H groups in total. The Bertz CT molecular complexity index is 451. The Balaban J connectivity index is 2.12. The molecule has 0 saturated heterocycles. The summed E-state index contributed by atoms with van der Waals surface area (Å²) in [7, 11) is 0. The van der Waals surface area contributed by atoms with Crippen LogP contribution in [-0.4, -0.2) is 22.5 Å². The van der Waals surface area contributed by atoms with Crippen molar-refractivity contribution in [1.29, 1.82) is 0 Å². The molecule has 0 amide bonds. The lowest BCUT2D eigenvalue weighted by atomic mass is 10.1. The average molecular weight is 284 g/mol. The van der Waals surface area contributed by atoms with Crippen molar-refractivity contribution in [3.63, 3.8) is 0 Å². The molecule has 2 nitrogen and oxygen atoms in total. The molecule has 1 aliphatic carbocycles. The van der Waals surface area contributed by atoms with Crippen molar-refractivity contribution in [2.75, 3.05) is 11.6 Å². The molecule has 1 aromatic rings. The molecule has 2 unspecified atom stereocenters. The number of rotatable bonds is 4. The number of hydrogen-bond donors (Lipinski definition) is 2. The molecular formula is C13H17FN2S2. The molecule has 2 rings (SSSR count). The lowest BCUT2D eigenvalue weighted by Crippen LogP contribution is -2.20. The predicted molar refractivity (Wildman–Crippen MR) is 80.9 cm³/mol. The first-order valence-electron chi connectivity index (χ1n) is 5.99. The minimum absolute atomic E-state index is 0.233. The monoisotopic (exact) mass is 284 g/mol. The third kappa shape index (κ3) is 3.14. The van der Waals surface area contributed by atoms with Gasteiger partial charge in [0, 0.05) is 22.5 Å². The van der Waals surface area contributed by atoms with Gasteiger partial charge < -0.3 is 11.1 Å². The zero-order chi connectivity index (χ0) is 13.1. The first-order chi connectivity index (χ1) is 8.60. The summed E-state index contributed by atoms with van der Waals surface area (Å²) in [6.45, 7) is 0. The van der Waals surface area contributed by atoms with E-state index in [1.807, 2.05) is 11.8 Å². The SMILES string of the molecule is CSC1CCC(Nc2ccc(F)cc2C(N)=S)C1. The summed E-state index contributed by atoms with van der Waals surface area (Å²) in [5.41, 5.74) is 7.07. The van der Waals surface area contributed by atoms with E-state index in [1.54, 1.807) is 6.07 Å². The van der Waals surface area contributed by atoms with Crippen LogP contribution in [0.2, 0.25) is 0 Å². The Morgan fingerprint density at radius 1 is 1.50 bits per heavy atom. The summed E-state index contributed by atoms with van der Waals surface area (Å²) in [5, 5.41) is 4.15. The summed E-state index contributed by atoms with van der Waals surface area (Å²) in [6.07, 6.45) is 5.64. The second-order valence-electron chi connectivity index (χ2n) is 4.57. The van der Waals surface area contributed by atoms with Gasteiger partial charge in [-0.15, -0.1) is 0 Å². The van der Waals surface area contributed by atoms with Crippen molar-refractivity contribution >= 4 is 34.7 Å². The van der Waals surface area contributed by atoms with Gasteiger partial charge in [-0.05, 0) is 43.7 Å². The number of halogens is 1. The van der Waals surface area contributed by atoms with Crippen LogP contribution < -0.4 is 11.1 Å². The minimum atomic E-state index is -0.309. The maximum atomic E-state index is 13.2. The van der Waals surface area contributed by atoms with E-state index in [0.29, 0.717) is 11.6 Å². The topological polar surface area (TPSA) is 38.0 Å². The van der Waals surface area contributed by atoms with Gasteiger partial charge in [0.25, 0.3) is 0 Å². The summed E-state index contributed by atoms with van der Waals surface area (Å²) >= 11 is 6.87. The van der Waals surface area contributed by atoms with Crippen LogP contribution in [0.1, 0.15) is 24.8 Å². The van der Waals surface area contributed by atoms with Gasteiger partial charge in [0.2, 0.25) is 0 Å². The average Bonchev–Trinajstić information content (AvgIpc) is 2.79. The number of thiocarbonyl (C=S) groups is 1. The molecule has 1 aromatic carbocycles. The molecular weight excluding hydrogens is 267 g/mol. The van der Waals surface area contributed by atoms with Crippen molar-refractivity contribution in [2.24, 2.45) is 5.73 Å². The molecule has 5 heteroatoms. The molecule has 0 aromatic heterocycles. The fraction of sp³-hybridized carbons (Fsp3) is 0.462. The van der Waals surface area contributed by atoms with E-state index in [4.69, 9.17) is 18.0 Å². The lowest BCUT2D eigenvalue weighted by molar-refractivity contribution is 0.627. The smallest absolute Gasteiger partial charge is 0.124 e. The lowest BCUT2D eigenvalue weighted by Gasteiger charge is -2.17. The van der Waals surface area contributed by atoms with Crippen molar-refractivity contribution in [3.05, 3.63) is 29.6 Å². The highest BCUT2D eigenvalue weighted by molar-refractivity contribution is 7.99. The third-order valence-electron chi connectivity index (χ3n) is 3.32. The van der Waals surface area contributed by atoms with Crippen LogP contribution in [0.5, 0.6) is 0 Å². The number of thioether (sulfide) groups is 1. The number of benzene rings is 1. The highest BCUT2D eigenvalue weighted by Crippen LogP contribution is 2.31. The molecule has 0 radical (unpaired) electrons. The number of nitrogens with one attached hydrogen (secondary N) is 1. The Hall–Kier alpha value is -0.810. The van der Waals surface area contributed by atoms with Crippen LogP contribution in [0.3, 0.4) is 0 Å². The van der Waals surface area contributed by atoms with E-state index in [1.165, 1.54) is 18.6 Å². The molecule has 1 fully saturated rings. The van der Waals surface area contributed by atoms with Gasteiger partial charge in [-0.1, -0.05) is 12.2 Å². The summed E-state index contributed by atoms with van der Waals surface area (Å²) in [4.78, 5) is 0.233. The van der Waals surface area contributed by atoms with E-state index in [0.717, 1.165) is 23.8 Å². The van der Waals surface area contributed by atoms with Crippen molar-refractivity contribution in [3.8, 4) is 0 Å². The molecule has 0 spiro atoms. The van der Waals surface area contributed by atoms with E-state index in [9.17, 15) is 4.39 Å². The Kier molecular flexibility index (Phi) is 4.45. The van der Waals surface area contributed by atoms with E-state index < -0.39 is 0 Å². The van der Waals surface area contributed by atoms with Crippen molar-refractivity contribution in [2.45, 2.75) is 30.6 Å². The quantitative estimate of drug-likeness (QED) is 0.833. The predicted octanol–water partition coefficient (Wildman–Crippen LogP) is 3.16. The molecule has 0 aliphatic heterocycles. The molecule has 2 atom stereocenters. The maximum Gasteiger partial charge on any atom is 0.124 e. The highest BCUT2D eigenvalue weighted by atomic mass is 32.2. The fourth-order valence-corrected chi connectivity index (χ4v) is 3.32. The van der Waals surface area contributed by atoms with Crippen LogP contribution in [0.15, 0.2) is 18.2 Å². The summed E-state index contributed by atoms with van der Waals surface area (Å²) in [6, 6.07) is 4.98. The van der Waals surface area contributed by atoms with Crippen LogP contribution >= 0.6 is 24.0 Å². The van der Waals surface area contributed by atoms with Gasteiger partial charge >= 0.3 is 0 Å². The molecule has 1 aliphatic rings. The van der Waals surface area contributed by atoms with Crippen molar-refractivity contribution < 1.29 is 4.39 Å². The normalized spacial score (nSPS) is 23.0. The zero-order valence-corrected chi connectivity index (χ0v) is 11.9. The van der Waals surface area contributed by atoms with Crippen LogP contribution in [0.25, 0.3) is 0 Å². The van der Waals surface area contributed by atoms with Gasteiger partial charge in [-0.25, -0.2) is 4.39 Å². The van der Waals surface area contributed by atoms with Gasteiger partial charge in [-0.2, -0.15) is 11.8 Å². The Morgan fingerprint density at radius 3 is 2.89 bits per heavy atom. The molecule has 98 valence electrons. The van der Waals surface area contributed by atoms with Gasteiger partial charge in [0.15, 0.2) is 0 Å². The fourth-order valence-electron chi connectivity index (χ4n) is 2.35. The van der Waals surface area contributed by atoms with E-state index in [-0.39, 0.29) is 10.8 Å². The van der Waals surface area contributed by atoms with E-state index in [2.05, 4.69) is 11.6 Å². The zero-order valence-electron chi connectivity index (χ0n) is 10.3. The third-order valence-corrected chi connectivity index (χ3v) is 4.64. The van der Waals surface area contributed by atoms with Crippen LogP contribution in [-0.2, 0) is 0 Å². The number of hydrogen-bond acceptors (Lipinski definition) is 3. The Morgan fingerprint density at radius 2 is 2.28 bits per heavy atom. The van der Waals surface area contributed by atoms with Crippen molar-refractivity contribution in [1.82, 2.24) is 0 Å². The summed E-state index contributed by atoms with van der Waals surface area (Å²) < 4.78 is 13.2. The number of nitrogens with two attached hydrogens (primary N) is 1. The summed E-state index contributed by atoms with van der Waals surface area (Å²) in [5.74, 6) is -0.309. The maximum absolute atomic E-state index is 13.2. The first-order valence-corrected chi connectivity index (χ1v) is 7.68. The molecule has 0 heterocycles. The van der Waals surface area contributed by atoms with Gasteiger partial charge in [0.05, 0.1) is 0 Å². The van der Waals surface area contributed by atoms with E-state index >= 15 is 0 Å². The number of anilines is 1. The standard InChI is InChI=1S/C13H17FN2S2/c1-18-10-4-3-9(7-10)16-12-5-2-8(14)6-11(12)13(15)17/h2,5-6,9-10,16H,3-4,7H2,1H3,(H2,15,17). The largest absolute Gasteiger partial charge is 0.389 e. The Labute approximate surface area is 117 Å². The molecule has 0 bridgehead atoms. The minimum Gasteiger partial charge on any atom is -0.389 e. The first kappa shape index (κ1) is 13.6.